The number of aryl methyl sites for hydroxylation is 1. The van der Waals surface area contributed by atoms with Crippen molar-refractivity contribution in [2.24, 2.45) is 0 Å². The molecule has 2 aromatic carbocycles. The van der Waals surface area contributed by atoms with Gasteiger partial charge in [0.15, 0.2) is 0 Å². The van der Waals surface area contributed by atoms with Crippen LogP contribution in [0.2, 0.25) is 0 Å². The molecule has 2 aromatic rings. The lowest BCUT2D eigenvalue weighted by Crippen LogP contribution is -2.44. The third-order valence-corrected chi connectivity index (χ3v) is 4.71. The molecular formula is C19H21FN2O. The molecule has 3 rings (SSSR count). The molecule has 3 N–H and O–H groups in total. The number of halogens is 1. The van der Waals surface area contributed by atoms with Crippen molar-refractivity contribution in [3.63, 3.8) is 0 Å². The summed E-state index contributed by atoms with van der Waals surface area (Å²) in [7, 11) is 0. The minimum absolute atomic E-state index is 0.124. The predicted molar refractivity (Wildman–Crippen MR) is 89.6 cm³/mol. The smallest absolute Gasteiger partial charge is 0.252 e. The number of nitrogen functional groups attached to an aromatic ring is 1. The molecule has 0 bridgehead atoms. The average molecular weight is 312 g/mol. The number of hydrogen-bond donors (Lipinski definition) is 2. The highest BCUT2D eigenvalue weighted by atomic mass is 19.1. The summed E-state index contributed by atoms with van der Waals surface area (Å²) in [4.78, 5) is 12.8. The largest absolute Gasteiger partial charge is 0.399 e. The fourth-order valence-electron chi connectivity index (χ4n) is 3.40. The van der Waals surface area contributed by atoms with Gasteiger partial charge in [0.2, 0.25) is 0 Å². The van der Waals surface area contributed by atoms with Crippen LogP contribution in [0.25, 0.3) is 0 Å². The minimum atomic E-state index is -0.415. The van der Waals surface area contributed by atoms with Crippen LogP contribution in [-0.4, -0.2) is 5.91 Å². The normalized spacial score (nSPS) is 16.3. The van der Waals surface area contributed by atoms with Crippen molar-refractivity contribution in [3.05, 3.63) is 65.0 Å². The molecule has 3 nitrogen and oxygen atoms in total. The van der Waals surface area contributed by atoms with Crippen molar-refractivity contribution in [2.75, 3.05) is 5.73 Å². The monoisotopic (exact) mass is 312 g/mol. The van der Waals surface area contributed by atoms with Gasteiger partial charge in [-0.25, -0.2) is 4.39 Å². The number of hydrogen-bond acceptors (Lipinski definition) is 2. The van der Waals surface area contributed by atoms with Crippen LogP contribution in [0.15, 0.2) is 42.5 Å². The molecule has 0 unspecified atom stereocenters. The molecule has 4 heteroatoms. The molecule has 0 aliphatic heterocycles. The van der Waals surface area contributed by atoms with Gasteiger partial charge in [-0.2, -0.15) is 0 Å². The first kappa shape index (κ1) is 15.5. The molecule has 1 amide bonds. The Morgan fingerprint density at radius 3 is 2.43 bits per heavy atom. The average Bonchev–Trinajstić information content (AvgIpc) is 3.00. The lowest BCUT2D eigenvalue weighted by Gasteiger charge is -2.31. The predicted octanol–water partition coefficient (Wildman–Crippen LogP) is 3.92. The Labute approximate surface area is 135 Å². The standard InChI is InChI=1S/C19H21FN2O/c1-13-4-9-16(21)12-17(13)18(23)22-19(10-2-3-11-19)14-5-7-15(20)8-6-14/h4-9,12H,2-3,10-11,21H2,1H3,(H,22,23). The van der Waals surface area contributed by atoms with Crippen molar-refractivity contribution < 1.29 is 9.18 Å². The maximum absolute atomic E-state index is 13.2. The van der Waals surface area contributed by atoms with Gasteiger partial charge in [0, 0.05) is 11.3 Å². The summed E-state index contributed by atoms with van der Waals surface area (Å²) in [6.07, 6.45) is 3.83. The molecule has 23 heavy (non-hydrogen) atoms. The second kappa shape index (κ2) is 6.03. The van der Waals surface area contributed by atoms with Gasteiger partial charge >= 0.3 is 0 Å². The van der Waals surface area contributed by atoms with Gasteiger partial charge in [-0.3, -0.25) is 4.79 Å². The third-order valence-electron chi connectivity index (χ3n) is 4.71. The van der Waals surface area contributed by atoms with E-state index in [1.54, 1.807) is 24.3 Å². The molecule has 1 aliphatic carbocycles. The summed E-state index contributed by atoms with van der Waals surface area (Å²) in [5.41, 5.74) is 8.42. The summed E-state index contributed by atoms with van der Waals surface area (Å²) in [6.45, 7) is 1.90. The number of amides is 1. The number of nitrogens with two attached hydrogens (primary N) is 1. The second-order valence-electron chi connectivity index (χ2n) is 6.32. The number of benzene rings is 2. The fraction of sp³-hybridized carbons (Fsp3) is 0.316. The highest BCUT2D eigenvalue weighted by Gasteiger charge is 2.37. The molecule has 0 atom stereocenters. The van der Waals surface area contributed by atoms with Gasteiger partial charge in [-0.05, 0) is 55.2 Å². The topological polar surface area (TPSA) is 55.1 Å². The summed E-state index contributed by atoms with van der Waals surface area (Å²) < 4.78 is 13.2. The Bertz CT molecular complexity index is 719. The Morgan fingerprint density at radius 2 is 1.78 bits per heavy atom. The fourth-order valence-corrected chi connectivity index (χ4v) is 3.40. The van der Waals surface area contributed by atoms with Crippen LogP contribution < -0.4 is 11.1 Å². The number of rotatable bonds is 3. The van der Waals surface area contributed by atoms with Crippen LogP contribution in [0.5, 0.6) is 0 Å². The van der Waals surface area contributed by atoms with E-state index < -0.39 is 5.54 Å². The first-order valence-corrected chi connectivity index (χ1v) is 7.95. The molecular weight excluding hydrogens is 291 g/mol. The van der Waals surface area contributed by atoms with Crippen LogP contribution in [0.3, 0.4) is 0 Å². The Hall–Kier alpha value is -2.36. The van der Waals surface area contributed by atoms with Crippen molar-refractivity contribution >= 4 is 11.6 Å². The molecule has 0 heterocycles. The van der Waals surface area contributed by atoms with Crippen molar-refractivity contribution in [1.29, 1.82) is 0 Å². The molecule has 0 radical (unpaired) electrons. The zero-order valence-electron chi connectivity index (χ0n) is 13.2. The van der Waals surface area contributed by atoms with E-state index in [9.17, 15) is 9.18 Å². The number of carbonyl (C=O) groups excluding carboxylic acids is 1. The van der Waals surface area contributed by atoms with E-state index in [0.717, 1.165) is 36.8 Å². The van der Waals surface area contributed by atoms with Gasteiger partial charge in [-0.15, -0.1) is 0 Å². The summed E-state index contributed by atoms with van der Waals surface area (Å²) >= 11 is 0. The first-order valence-electron chi connectivity index (χ1n) is 7.95. The maximum Gasteiger partial charge on any atom is 0.252 e. The van der Waals surface area contributed by atoms with Gasteiger partial charge in [0.05, 0.1) is 5.54 Å². The van der Waals surface area contributed by atoms with Crippen LogP contribution in [-0.2, 0) is 5.54 Å². The first-order chi connectivity index (χ1) is 11.0. The lowest BCUT2D eigenvalue weighted by molar-refractivity contribution is 0.0897. The third kappa shape index (κ3) is 3.07. The van der Waals surface area contributed by atoms with E-state index in [0.29, 0.717) is 11.3 Å². The lowest BCUT2D eigenvalue weighted by atomic mass is 9.87. The molecule has 1 saturated carbocycles. The van der Waals surface area contributed by atoms with E-state index in [2.05, 4.69) is 5.32 Å². The number of nitrogens with one attached hydrogen (secondary N) is 1. The molecule has 120 valence electrons. The van der Waals surface area contributed by atoms with Crippen LogP contribution in [0, 0.1) is 12.7 Å². The quantitative estimate of drug-likeness (QED) is 0.844. The molecule has 1 fully saturated rings. The Kier molecular flexibility index (Phi) is 4.07. The van der Waals surface area contributed by atoms with E-state index in [-0.39, 0.29) is 11.7 Å². The molecule has 0 spiro atoms. The molecule has 0 saturated heterocycles. The molecule has 1 aliphatic rings. The zero-order chi connectivity index (χ0) is 16.4. The van der Waals surface area contributed by atoms with Crippen LogP contribution in [0.1, 0.15) is 47.2 Å². The van der Waals surface area contributed by atoms with Crippen molar-refractivity contribution in [1.82, 2.24) is 5.32 Å². The zero-order valence-corrected chi connectivity index (χ0v) is 13.2. The van der Waals surface area contributed by atoms with Crippen LogP contribution >= 0.6 is 0 Å². The van der Waals surface area contributed by atoms with Crippen LogP contribution in [0.4, 0.5) is 10.1 Å². The maximum atomic E-state index is 13.2. The van der Waals surface area contributed by atoms with E-state index in [1.165, 1.54) is 12.1 Å². The Morgan fingerprint density at radius 1 is 1.13 bits per heavy atom. The van der Waals surface area contributed by atoms with Gasteiger partial charge in [0.1, 0.15) is 5.82 Å². The van der Waals surface area contributed by atoms with Crippen molar-refractivity contribution in [2.45, 2.75) is 38.1 Å². The van der Waals surface area contributed by atoms with E-state index >= 15 is 0 Å². The van der Waals surface area contributed by atoms with Gasteiger partial charge in [0.25, 0.3) is 5.91 Å². The van der Waals surface area contributed by atoms with Gasteiger partial charge in [-0.1, -0.05) is 31.0 Å². The summed E-state index contributed by atoms with van der Waals surface area (Å²) in [6, 6.07) is 11.8. The number of anilines is 1. The van der Waals surface area contributed by atoms with Crippen molar-refractivity contribution in [3.8, 4) is 0 Å². The highest BCUT2D eigenvalue weighted by Crippen LogP contribution is 2.39. The number of carbonyl (C=O) groups is 1. The van der Waals surface area contributed by atoms with Gasteiger partial charge < -0.3 is 11.1 Å². The molecule has 0 aromatic heterocycles. The van der Waals surface area contributed by atoms with E-state index in [4.69, 9.17) is 5.73 Å². The summed E-state index contributed by atoms with van der Waals surface area (Å²) in [5.74, 6) is -0.388. The minimum Gasteiger partial charge on any atom is -0.399 e. The highest BCUT2D eigenvalue weighted by molar-refractivity contribution is 5.97. The van der Waals surface area contributed by atoms with E-state index in [1.807, 2.05) is 13.0 Å². The SMILES string of the molecule is Cc1ccc(N)cc1C(=O)NC1(c2ccc(F)cc2)CCCC1. The Balaban J connectivity index is 1.92. The second-order valence-corrected chi connectivity index (χ2v) is 6.32. The summed E-state index contributed by atoms with van der Waals surface area (Å²) in [5, 5.41) is 3.20.